The standard InChI is InChI=1S/C68H50Cl2N8O20/c69-38-13-26-5-11-46(38)97-49-20-31-21-50(61(49)87)98-47-12-8-29(18-39(47)70)60(86)59-67(93)77-57(68(94)95)37-23-33(81)24-44(84)51(37)36-17-27(6-9-42(36)82)53(64(90)78-59)75-66(92)55(31)76-65(91)54-30-15-32(80)22-34(16-30)96-48-19-28(7-10-43(48)83)52(63(89)72-41(14-26)62(88)74-54)73-56-35-3-1-2-4-40(35)71-58(56)45(85)25-79/h1-13,15-25,41,52-55,57,59-60,71,73,80-84,86-87H,14H2,(H,72,89)(H,74,88)(H,75,92)(H,76,91)(H,77,93)(H,78,90)(H,94,95)/t41?,52?,53?,54?,55?,57-,59?,60?/m1/s1. The van der Waals surface area contributed by atoms with Crippen LogP contribution in [-0.2, 0) is 44.8 Å². The van der Waals surface area contributed by atoms with Gasteiger partial charge in [-0.05, 0) is 118 Å². The molecule has 16 N–H and O–H groups in total. The summed E-state index contributed by atoms with van der Waals surface area (Å²) < 4.78 is 18.7. The van der Waals surface area contributed by atoms with Gasteiger partial charge in [0, 0.05) is 46.1 Å². The van der Waals surface area contributed by atoms with Crippen molar-refractivity contribution in [2.75, 3.05) is 5.32 Å². The van der Waals surface area contributed by atoms with Crippen molar-refractivity contribution in [2.24, 2.45) is 0 Å². The number of amides is 6. The van der Waals surface area contributed by atoms with Crippen molar-refractivity contribution in [2.45, 2.75) is 54.8 Å². The first-order chi connectivity index (χ1) is 46.9. The van der Waals surface area contributed by atoms with Crippen LogP contribution in [0.15, 0.2) is 140 Å². The van der Waals surface area contributed by atoms with Gasteiger partial charge in [0.2, 0.25) is 47.0 Å². The molecule has 30 heteroatoms. The Kier molecular flexibility index (Phi) is 16.6. The zero-order chi connectivity index (χ0) is 69.3. The number of aromatic hydroxyl groups is 6. The molecule has 0 saturated carbocycles. The molecule has 15 rings (SSSR count). The highest BCUT2D eigenvalue weighted by molar-refractivity contribution is 6.35. The summed E-state index contributed by atoms with van der Waals surface area (Å²) in [6.45, 7) is 0. The van der Waals surface area contributed by atoms with E-state index in [1.54, 1.807) is 24.3 Å². The van der Waals surface area contributed by atoms with E-state index in [9.17, 15) is 60.0 Å². The lowest BCUT2D eigenvalue weighted by Gasteiger charge is -2.31. The number of nitrogens with one attached hydrogen (secondary N) is 8. The number of fused-ring (bicyclic) bond motifs is 15. The Morgan fingerprint density at radius 1 is 0.531 bits per heavy atom. The number of rotatable bonds is 5. The number of aliphatic hydroxyl groups excluding tert-OH is 1. The lowest BCUT2D eigenvalue weighted by molar-refractivity contribution is -0.143. The van der Waals surface area contributed by atoms with Crippen molar-refractivity contribution in [3.8, 4) is 80.1 Å². The monoisotopic (exact) mass is 1370 g/mol. The van der Waals surface area contributed by atoms with Gasteiger partial charge in [-0.15, -0.1) is 0 Å². The van der Waals surface area contributed by atoms with E-state index in [1.165, 1.54) is 48.5 Å². The number of phenols is 6. The molecule has 6 amide bonds. The molecule has 9 aromatic rings. The van der Waals surface area contributed by atoms with Crippen molar-refractivity contribution in [1.29, 1.82) is 0 Å². The number of carbonyl (C=O) groups excluding carboxylic acids is 8. The van der Waals surface area contributed by atoms with Gasteiger partial charge in [0.05, 0.1) is 15.7 Å². The molecule has 8 aromatic carbocycles. The van der Waals surface area contributed by atoms with Crippen LogP contribution in [0.1, 0.15) is 85.7 Å². The molecule has 0 spiro atoms. The van der Waals surface area contributed by atoms with E-state index in [0.29, 0.717) is 10.9 Å². The number of anilines is 1. The number of phenolic OH excluding ortho intramolecular Hbond substituents is 6. The molecule has 6 aliphatic heterocycles. The van der Waals surface area contributed by atoms with Gasteiger partial charge in [-0.3, -0.25) is 38.4 Å². The first kappa shape index (κ1) is 64.2. The topological polar surface area (TPSA) is 443 Å². The largest absolute Gasteiger partial charge is 0.508 e. The van der Waals surface area contributed by atoms with Crippen molar-refractivity contribution in [1.82, 2.24) is 36.9 Å². The Hall–Kier alpha value is -12.5. The van der Waals surface area contributed by atoms with Crippen molar-refractivity contribution in [3.63, 3.8) is 0 Å². The summed E-state index contributed by atoms with van der Waals surface area (Å²) in [4.78, 5) is 134. The Balaban J connectivity index is 1.00. The smallest absolute Gasteiger partial charge is 0.330 e. The predicted molar refractivity (Wildman–Crippen MR) is 343 cm³/mol. The summed E-state index contributed by atoms with van der Waals surface area (Å²) in [6, 6.07) is 13.7. The number of aliphatic hydroxyl groups is 1. The van der Waals surface area contributed by atoms with E-state index in [1.807, 2.05) is 0 Å². The molecule has 7 heterocycles. The molecule has 496 valence electrons. The van der Waals surface area contributed by atoms with Gasteiger partial charge < -0.3 is 97.3 Å². The molecule has 28 nitrogen and oxygen atoms in total. The zero-order valence-electron chi connectivity index (χ0n) is 49.9. The van der Waals surface area contributed by atoms with E-state index in [4.69, 9.17) is 37.4 Å². The number of ketones is 1. The van der Waals surface area contributed by atoms with E-state index >= 15 is 24.0 Å². The summed E-state index contributed by atoms with van der Waals surface area (Å²) in [5.41, 5.74) is -2.29. The fraction of sp³-hybridized carbons (Fsp3) is 0.132. The summed E-state index contributed by atoms with van der Waals surface area (Å²) in [6.07, 6.45) is -2.55. The molecule has 6 aliphatic rings. The molecule has 0 fully saturated rings. The molecule has 8 atom stereocenters. The number of Topliss-reactive ketones (excluding diaryl/α,β-unsaturated/α-hetero) is 1. The number of aromatic amines is 1. The Morgan fingerprint density at radius 3 is 1.84 bits per heavy atom. The third kappa shape index (κ3) is 12.1. The minimum Gasteiger partial charge on any atom is -0.508 e. The molecule has 7 unspecified atom stereocenters. The van der Waals surface area contributed by atoms with Crippen LogP contribution in [0.3, 0.4) is 0 Å². The lowest BCUT2D eigenvalue weighted by Crippen LogP contribution is -2.55. The second kappa shape index (κ2) is 25.3. The Bertz CT molecular complexity index is 4950. The fourth-order valence-corrected chi connectivity index (χ4v) is 12.5. The molecule has 17 bridgehead atoms. The fourth-order valence-electron chi connectivity index (χ4n) is 12.0. The van der Waals surface area contributed by atoms with Crippen LogP contribution in [0, 0.1) is 0 Å². The highest BCUT2D eigenvalue weighted by atomic mass is 35.5. The van der Waals surface area contributed by atoms with Gasteiger partial charge >= 0.3 is 5.97 Å². The van der Waals surface area contributed by atoms with Gasteiger partial charge in [0.25, 0.3) is 0 Å². The SMILES string of the molecule is O=CC(=O)c1[nH]c2ccccc2c1NC1C(=O)NC2Cc3ccc(c(Cl)c3)Oc3cc4cc(c3O)Oc3ccc(cc3Cl)C(O)C3NC(=O)C(NC(=O)C4NC(=O)C(NC2=O)c2cc(O)cc(c2)Oc2cc1ccc2O)c1ccc(O)c(c1)-c1c(O)cc(O)cc1[C@H](C(=O)O)NC3=O. The van der Waals surface area contributed by atoms with Crippen LogP contribution in [0.25, 0.3) is 22.0 Å². The van der Waals surface area contributed by atoms with Gasteiger partial charge in [-0.2, -0.15) is 0 Å². The first-order valence-corrected chi connectivity index (χ1v) is 30.3. The number of para-hydroxylation sites is 1. The predicted octanol–water partition coefficient (Wildman–Crippen LogP) is 7.00. The van der Waals surface area contributed by atoms with Crippen molar-refractivity contribution in [3.05, 3.63) is 194 Å². The number of hydrogen-bond donors (Lipinski definition) is 16. The van der Waals surface area contributed by atoms with E-state index in [-0.39, 0.29) is 84.1 Å². The second-order valence-corrected chi connectivity index (χ2v) is 23.9. The average molecular weight is 1370 g/mol. The molecule has 0 aliphatic carbocycles. The quantitative estimate of drug-likeness (QED) is 0.0468. The number of benzene rings is 8. The summed E-state index contributed by atoms with van der Waals surface area (Å²) in [5.74, 6) is -16.8. The Labute approximate surface area is 560 Å². The highest BCUT2D eigenvalue weighted by Gasteiger charge is 2.42. The number of carboxylic acid groups (broad SMARTS) is 1. The van der Waals surface area contributed by atoms with Crippen LogP contribution in [-0.4, -0.2) is 111 Å². The minimum absolute atomic E-state index is 0.0303. The Morgan fingerprint density at radius 2 is 1.14 bits per heavy atom. The summed E-state index contributed by atoms with van der Waals surface area (Å²) in [7, 11) is 0. The number of aromatic nitrogens is 1. The molecule has 98 heavy (non-hydrogen) atoms. The number of carbonyl (C=O) groups is 9. The summed E-state index contributed by atoms with van der Waals surface area (Å²) >= 11 is 13.8. The lowest BCUT2D eigenvalue weighted by atomic mass is 9.89. The second-order valence-electron chi connectivity index (χ2n) is 23.1. The van der Waals surface area contributed by atoms with Crippen LogP contribution >= 0.6 is 23.2 Å². The molecule has 1 aromatic heterocycles. The van der Waals surface area contributed by atoms with Crippen LogP contribution < -0.4 is 51.4 Å². The van der Waals surface area contributed by atoms with Crippen molar-refractivity contribution < 1.29 is 98.2 Å². The number of H-pyrrole nitrogens is 1. The van der Waals surface area contributed by atoms with E-state index in [2.05, 4.69) is 42.2 Å². The third-order valence-corrected chi connectivity index (χ3v) is 17.3. The molecule has 0 saturated heterocycles. The normalized spacial score (nSPS) is 20.6. The van der Waals surface area contributed by atoms with Gasteiger partial charge in [-0.25, -0.2) is 4.79 Å². The first-order valence-electron chi connectivity index (χ1n) is 29.5. The number of halogens is 2. The molecular weight excluding hydrogens is 1320 g/mol. The minimum atomic E-state index is -2.23. The van der Waals surface area contributed by atoms with Crippen LogP contribution in [0.4, 0.5) is 5.69 Å². The number of aldehydes is 1. The highest BCUT2D eigenvalue weighted by Crippen LogP contribution is 2.48. The molecule has 0 radical (unpaired) electrons. The number of hydrogen-bond acceptors (Lipinski definition) is 20. The summed E-state index contributed by atoms with van der Waals surface area (Å²) in [5, 5.41) is 110. The maximum Gasteiger partial charge on any atom is 0.330 e. The van der Waals surface area contributed by atoms with Gasteiger partial charge in [-0.1, -0.05) is 65.7 Å². The average Bonchev–Trinajstić information content (AvgIpc) is 1.12. The zero-order valence-corrected chi connectivity index (χ0v) is 51.4. The van der Waals surface area contributed by atoms with Crippen LogP contribution in [0.5, 0.6) is 69.0 Å². The number of aliphatic carboxylic acids is 1. The third-order valence-electron chi connectivity index (χ3n) is 16.7. The van der Waals surface area contributed by atoms with E-state index < -0.39 is 165 Å². The maximum atomic E-state index is 15.9. The number of carboxylic acids is 1. The van der Waals surface area contributed by atoms with Crippen LogP contribution in [0.2, 0.25) is 10.0 Å². The molecular formula is C68H50Cl2N8O20. The van der Waals surface area contributed by atoms with E-state index in [0.717, 1.165) is 66.7 Å². The maximum absolute atomic E-state index is 15.9. The van der Waals surface area contributed by atoms with Gasteiger partial charge in [0.1, 0.15) is 88.3 Å². The van der Waals surface area contributed by atoms with Crippen molar-refractivity contribution >= 4 is 93.3 Å². The van der Waals surface area contributed by atoms with Gasteiger partial charge in [0.15, 0.2) is 35.3 Å². The number of ether oxygens (including phenoxy) is 3.